The lowest BCUT2D eigenvalue weighted by Gasteiger charge is -2.29. The molecule has 0 unspecified atom stereocenters. The minimum atomic E-state index is -0.0741. The Labute approximate surface area is 209 Å². The largest absolute Gasteiger partial charge is 0.496 e. The van der Waals surface area contributed by atoms with E-state index in [9.17, 15) is 14.4 Å². The topological polar surface area (TPSA) is 80.6 Å². The summed E-state index contributed by atoms with van der Waals surface area (Å²) in [5.74, 6) is 1.06. The molecule has 3 aromatic rings. The molecule has 186 valence electrons. The Morgan fingerprint density at radius 3 is 2.63 bits per heavy atom. The van der Waals surface area contributed by atoms with Gasteiger partial charge in [-0.25, -0.2) is 0 Å². The van der Waals surface area contributed by atoms with Crippen molar-refractivity contribution < 1.29 is 14.3 Å². The molecule has 0 bridgehead atoms. The van der Waals surface area contributed by atoms with Crippen LogP contribution in [-0.4, -0.2) is 48.5 Å². The van der Waals surface area contributed by atoms with Crippen LogP contribution in [0.4, 0.5) is 0 Å². The first-order chi connectivity index (χ1) is 16.9. The molecular formula is C27H33N3O4S. The number of aryl methyl sites for hydroxylation is 1. The second kappa shape index (κ2) is 11.1. The van der Waals surface area contributed by atoms with Gasteiger partial charge < -0.3 is 19.5 Å². The van der Waals surface area contributed by atoms with Crippen molar-refractivity contribution in [1.82, 2.24) is 14.8 Å². The summed E-state index contributed by atoms with van der Waals surface area (Å²) in [7, 11) is 4.97. The van der Waals surface area contributed by atoms with Crippen molar-refractivity contribution in [2.24, 2.45) is 13.0 Å². The minimum absolute atomic E-state index is 0.0471. The zero-order chi connectivity index (χ0) is 24.9. The molecule has 2 aromatic heterocycles. The Morgan fingerprint density at radius 1 is 1.17 bits per heavy atom. The van der Waals surface area contributed by atoms with Gasteiger partial charge >= 0.3 is 0 Å². The van der Waals surface area contributed by atoms with Gasteiger partial charge in [-0.2, -0.15) is 0 Å². The van der Waals surface area contributed by atoms with Gasteiger partial charge in [-0.05, 0) is 48.6 Å². The molecule has 1 fully saturated rings. The molecule has 8 heteroatoms. The van der Waals surface area contributed by atoms with E-state index in [0.717, 1.165) is 34.1 Å². The first kappa shape index (κ1) is 25.0. The monoisotopic (exact) mass is 495 g/mol. The lowest BCUT2D eigenvalue weighted by molar-refractivity contribution is -0.120. The standard InChI is InChI=1S/C27H33N3O4S/c1-28-24(31)13-14-30(16-18-7-5-4-6-8-18)27(33)23-15-21-22(34-3)11-10-20(26(21)35-23)19-9-12-25(32)29(2)17-19/h9-12,15,17-18H,4-8,13-14,16H2,1-3H3,(H,28,31). The highest BCUT2D eigenvalue weighted by Gasteiger charge is 2.25. The zero-order valence-corrected chi connectivity index (χ0v) is 21.5. The van der Waals surface area contributed by atoms with Gasteiger partial charge in [0.25, 0.3) is 5.91 Å². The van der Waals surface area contributed by atoms with Crippen molar-refractivity contribution in [1.29, 1.82) is 0 Å². The molecule has 35 heavy (non-hydrogen) atoms. The molecule has 0 radical (unpaired) electrons. The molecule has 0 spiro atoms. The lowest BCUT2D eigenvalue weighted by atomic mass is 9.89. The molecule has 7 nitrogen and oxygen atoms in total. The minimum Gasteiger partial charge on any atom is -0.496 e. The Kier molecular flexibility index (Phi) is 7.90. The summed E-state index contributed by atoms with van der Waals surface area (Å²) < 4.78 is 8.09. The fourth-order valence-corrected chi connectivity index (χ4v) is 6.02. The van der Waals surface area contributed by atoms with Crippen LogP contribution in [0.25, 0.3) is 21.2 Å². The number of aromatic nitrogens is 1. The van der Waals surface area contributed by atoms with Crippen LogP contribution in [0.2, 0.25) is 0 Å². The van der Waals surface area contributed by atoms with E-state index in [1.165, 1.54) is 30.6 Å². The quantitative estimate of drug-likeness (QED) is 0.501. The summed E-state index contributed by atoms with van der Waals surface area (Å²) in [6.07, 6.45) is 8.00. The second-order valence-electron chi connectivity index (χ2n) is 9.21. The molecule has 0 saturated heterocycles. The Morgan fingerprint density at radius 2 is 1.94 bits per heavy atom. The number of methoxy groups -OCH3 is 1. The number of benzene rings is 1. The smallest absolute Gasteiger partial charge is 0.263 e. The number of pyridine rings is 1. The predicted octanol–water partition coefficient (Wildman–Crippen LogP) is 4.43. The molecule has 0 atom stereocenters. The first-order valence-corrected chi connectivity index (χ1v) is 13.0. The van der Waals surface area contributed by atoms with Crippen LogP contribution in [0.1, 0.15) is 48.2 Å². The van der Waals surface area contributed by atoms with Gasteiger partial charge in [0, 0.05) is 61.5 Å². The van der Waals surface area contributed by atoms with Crippen molar-refractivity contribution in [3.63, 3.8) is 0 Å². The number of carbonyl (C=O) groups is 2. The first-order valence-electron chi connectivity index (χ1n) is 12.2. The summed E-state index contributed by atoms with van der Waals surface area (Å²) >= 11 is 1.44. The Bertz CT molecular complexity index is 1270. The number of nitrogens with zero attached hydrogens (tertiary/aromatic N) is 2. The number of amides is 2. The lowest BCUT2D eigenvalue weighted by Crippen LogP contribution is -2.38. The van der Waals surface area contributed by atoms with E-state index in [1.807, 2.05) is 35.4 Å². The normalized spacial score (nSPS) is 14.1. The third-order valence-electron chi connectivity index (χ3n) is 6.85. The van der Waals surface area contributed by atoms with Crippen LogP contribution in [0.3, 0.4) is 0 Å². The van der Waals surface area contributed by atoms with Crippen LogP contribution in [0, 0.1) is 5.92 Å². The van der Waals surface area contributed by atoms with Gasteiger partial charge in [-0.15, -0.1) is 11.3 Å². The van der Waals surface area contributed by atoms with E-state index in [0.29, 0.717) is 29.6 Å². The number of nitrogens with one attached hydrogen (secondary N) is 1. The highest BCUT2D eigenvalue weighted by Crippen LogP contribution is 2.40. The van der Waals surface area contributed by atoms with Crippen LogP contribution in [0.15, 0.2) is 41.3 Å². The zero-order valence-electron chi connectivity index (χ0n) is 20.6. The fraction of sp³-hybridized carbons (Fsp3) is 0.444. The number of rotatable bonds is 8. The molecular weight excluding hydrogens is 462 g/mol. The van der Waals surface area contributed by atoms with Crippen LogP contribution in [-0.2, 0) is 11.8 Å². The molecule has 0 aliphatic heterocycles. The van der Waals surface area contributed by atoms with Crippen molar-refractivity contribution in [3.8, 4) is 16.9 Å². The maximum Gasteiger partial charge on any atom is 0.263 e. The van der Waals surface area contributed by atoms with E-state index in [2.05, 4.69) is 5.32 Å². The van der Waals surface area contributed by atoms with Crippen LogP contribution < -0.4 is 15.6 Å². The number of ether oxygens (including phenoxy) is 1. The van der Waals surface area contributed by atoms with Gasteiger partial charge in [-0.1, -0.05) is 19.3 Å². The van der Waals surface area contributed by atoms with Gasteiger partial charge in [-0.3, -0.25) is 14.4 Å². The molecule has 1 aliphatic rings. The van der Waals surface area contributed by atoms with Crippen molar-refractivity contribution >= 4 is 33.2 Å². The second-order valence-corrected chi connectivity index (χ2v) is 10.3. The van der Waals surface area contributed by atoms with E-state index >= 15 is 0 Å². The average molecular weight is 496 g/mol. The number of carbonyl (C=O) groups excluding carboxylic acids is 2. The van der Waals surface area contributed by atoms with E-state index in [1.54, 1.807) is 31.8 Å². The van der Waals surface area contributed by atoms with Gasteiger partial charge in [0.15, 0.2) is 0 Å². The third kappa shape index (κ3) is 5.59. The number of fused-ring (bicyclic) bond motifs is 1. The maximum absolute atomic E-state index is 13.8. The molecule has 1 aromatic carbocycles. The number of hydrogen-bond acceptors (Lipinski definition) is 5. The predicted molar refractivity (Wildman–Crippen MR) is 140 cm³/mol. The molecule has 4 rings (SSSR count). The molecule has 2 amide bonds. The number of thiophene rings is 1. The van der Waals surface area contributed by atoms with E-state index in [-0.39, 0.29) is 23.8 Å². The summed E-state index contributed by atoms with van der Waals surface area (Å²) in [6.45, 7) is 1.07. The maximum atomic E-state index is 13.8. The van der Waals surface area contributed by atoms with Crippen molar-refractivity contribution in [2.75, 3.05) is 27.2 Å². The van der Waals surface area contributed by atoms with E-state index in [4.69, 9.17) is 4.74 Å². The third-order valence-corrected chi connectivity index (χ3v) is 8.01. The van der Waals surface area contributed by atoms with Gasteiger partial charge in [0.1, 0.15) is 5.75 Å². The summed E-state index contributed by atoms with van der Waals surface area (Å²) in [4.78, 5) is 40.1. The summed E-state index contributed by atoms with van der Waals surface area (Å²) in [5, 5.41) is 3.53. The van der Waals surface area contributed by atoms with E-state index < -0.39 is 0 Å². The molecule has 1 N–H and O–H groups in total. The fourth-order valence-electron chi connectivity index (χ4n) is 4.84. The highest BCUT2D eigenvalue weighted by molar-refractivity contribution is 7.21. The van der Waals surface area contributed by atoms with Crippen LogP contribution >= 0.6 is 11.3 Å². The van der Waals surface area contributed by atoms with Gasteiger partial charge in [0.2, 0.25) is 11.5 Å². The number of hydrogen-bond donors (Lipinski definition) is 1. The molecule has 1 aliphatic carbocycles. The van der Waals surface area contributed by atoms with Crippen molar-refractivity contribution in [3.05, 3.63) is 51.8 Å². The average Bonchev–Trinajstić information content (AvgIpc) is 3.33. The SMILES string of the molecule is CNC(=O)CCN(CC1CCCCC1)C(=O)c1cc2c(OC)ccc(-c3ccc(=O)n(C)c3)c2s1. The Balaban J connectivity index is 1.71. The molecule has 2 heterocycles. The van der Waals surface area contributed by atoms with Gasteiger partial charge in [0.05, 0.1) is 12.0 Å². The summed E-state index contributed by atoms with van der Waals surface area (Å²) in [5.41, 5.74) is 1.78. The molecule has 1 saturated carbocycles. The summed E-state index contributed by atoms with van der Waals surface area (Å²) in [6, 6.07) is 9.13. The van der Waals surface area contributed by atoms with Crippen LogP contribution in [0.5, 0.6) is 5.75 Å². The van der Waals surface area contributed by atoms with Crippen molar-refractivity contribution in [2.45, 2.75) is 38.5 Å². The Hall–Kier alpha value is -3.13. The highest BCUT2D eigenvalue weighted by atomic mass is 32.1.